The van der Waals surface area contributed by atoms with Crippen molar-refractivity contribution in [3.63, 3.8) is 0 Å². The molecular weight excluding hydrogens is 238 g/mol. The molecule has 1 heterocycles. The largest absolute Gasteiger partial charge is 0.497 e. The van der Waals surface area contributed by atoms with Crippen LogP contribution < -0.4 is 15.4 Å². The molecule has 2 N–H and O–H groups in total. The minimum Gasteiger partial charge on any atom is -0.497 e. The molecule has 4 nitrogen and oxygen atoms in total. The lowest BCUT2D eigenvalue weighted by atomic mass is 10.2. The van der Waals surface area contributed by atoms with E-state index in [0.717, 1.165) is 25.4 Å². The Bertz CT molecular complexity index is 347. The van der Waals surface area contributed by atoms with E-state index in [0.29, 0.717) is 0 Å². The molecule has 0 atom stereocenters. The van der Waals surface area contributed by atoms with Gasteiger partial charge in [-0.3, -0.25) is 0 Å². The van der Waals surface area contributed by atoms with E-state index in [-0.39, 0.29) is 0 Å². The summed E-state index contributed by atoms with van der Waals surface area (Å²) in [6.07, 6.45) is 2.49. The van der Waals surface area contributed by atoms with E-state index in [4.69, 9.17) is 4.74 Å². The molecule has 106 valence electrons. The van der Waals surface area contributed by atoms with Crippen molar-refractivity contribution in [2.24, 2.45) is 0 Å². The molecule has 1 aliphatic heterocycles. The van der Waals surface area contributed by atoms with E-state index >= 15 is 0 Å². The zero-order chi connectivity index (χ0) is 13.3. The highest BCUT2D eigenvalue weighted by molar-refractivity contribution is 5.46. The first kappa shape index (κ1) is 14.2. The van der Waals surface area contributed by atoms with Gasteiger partial charge in [0.1, 0.15) is 5.75 Å². The first-order chi connectivity index (χ1) is 9.38. The summed E-state index contributed by atoms with van der Waals surface area (Å²) in [6.45, 7) is 6.95. The van der Waals surface area contributed by atoms with Crippen LogP contribution in [0.5, 0.6) is 5.75 Å². The Balaban J connectivity index is 1.55. The smallest absolute Gasteiger partial charge is 0.119 e. The van der Waals surface area contributed by atoms with Gasteiger partial charge in [-0.2, -0.15) is 0 Å². The van der Waals surface area contributed by atoms with Crippen LogP contribution in [0, 0.1) is 0 Å². The van der Waals surface area contributed by atoms with E-state index < -0.39 is 0 Å². The lowest BCUT2D eigenvalue weighted by molar-refractivity contribution is 0.237. The summed E-state index contributed by atoms with van der Waals surface area (Å²) in [4.78, 5) is 2.55. The SMILES string of the molecule is COc1ccc(NCCCCN2CCNCC2)cc1. The Morgan fingerprint density at radius 1 is 1.16 bits per heavy atom. The maximum atomic E-state index is 5.14. The van der Waals surface area contributed by atoms with Crippen molar-refractivity contribution in [2.45, 2.75) is 12.8 Å². The molecule has 0 radical (unpaired) electrons. The molecule has 1 saturated heterocycles. The van der Waals surface area contributed by atoms with Crippen molar-refractivity contribution in [1.29, 1.82) is 0 Å². The highest BCUT2D eigenvalue weighted by Gasteiger charge is 2.07. The predicted molar refractivity (Wildman–Crippen MR) is 80.0 cm³/mol. The van der Waals surface area contributed by atoms with Gasteiger partial charge in [0.2, 0.25) is 0 Å². The lowest BCUT2D eigenvalue weighted by Gasteiger charge is -2.27. The van der Waals surface area contributed by atoms with Gasteiger partial charge in [-0.05, 0) is 43.7 Å². The normalized spacial score (nSPS) is 16.3. The van der Waals surface area contributed by atoms with Gasteiger partial charge in [-0.1, -0.05) is 0 Å². The molecule has 4 heteroatoms. The van der Waals surface area contributed by atoms with Crippen molar-refractivity contribution in [1.82, 2.24) is 10.2 Å². The number of anilines is 1. The van der Waals surface area contributed by atoms with Crippen LogP contribution in [0.3, 0.4) is 0 Å². The second-order valence-corrected chi connectivity index (χ2v) is 4.95. The Labute approximate surface area is 116 Å². The highest BCUT2D eigenvalue weighted by Crippen LogP contribution is 2.14. The molecule has 1 aliphatic rings. The van der Waals surface area contributed by atoms with Crippen LogP contribution in [0.2, 0.25) is 0 Å². The number of ether oxygens (including phenoxy) is 1. The predicted octanol–water partition coefficient (Wildman–Crippen LogP) is 1.79. The molecule has 0 unspecified atom stereocenters. The topological polar surface area (TPSA) is 36.5 Å². The standard InChI is InChI=1S/C15H25N3O/c1-19-15-6-4-14(5-7-15)17-8-2-3-11-18-12-9-16-10-13-18/h4-7,16-17H,2-3,8-13H2,1H3. The van der Waals surface area contributed by atoms with E-state index in [1.165, 1.54) is 38.2 Å². The monoisotopic (exact) mass is 263 g/mol. The average Bonchev–Trinajstić information content (AvgIpc) is 2.49. The summed E-state index contributed by atoms with van der Waals surface area (Å²) in [5.74, 6) is 0.907. The van der Waals surface area contributed by atoms with Crippen LogP contribution >= 0.6 is 0 Å². The Hall–Kier alpha value is -1.26. The summed E-state index contributed by atoms with van der Waals surface area (Å²) in [7, 11) is 1.69. The molecule has 0 amide bonds. The lowest BCUT2D eigenvalue weighted by Crippen LogP contribution is -2.43. The number of methoxy groups -OCH3 is 1. The zero-order valence-corrected chi connectivity index (χ0v) is 11.8. The minimum atomic E-state index is 0.907. The molecule has 0 bridgehead atoms. The molecule has 0 saturated carbocycles. The van der Waals surface area contributed by atoms with Crippen molar-refractivity contribution in [2.75, 3.05) is 51.7 Å². The zero-order valence-electron chi connectivity index (χ0n) is 11.8. The number of nitrogens with zero attached hydrogens (tertiary/aromatic N) is 1. The summed E-state index contributed by atoms with van der Waals surface area (Å²) < 4.78 is 5.14. The van der Waals surface area contributed by atoms with Crippen LogP contribution in [-0.2, 0) is 0 Å². The van der Waals surface area contributed by atoms with Gasteiger partial charge < -0.3 is 20.3 Å². The van der Waals surface area contributed by atoms with Gasteiger partial charge in [0.15, 0.2) is 0 Å². The molecule has 19 heavy (non-hydrogen) atoms. The second-order valence-electron chi connectivity index (χ2n) is 4.95. The summed E-state index contributed by atoms with van der Waals surface area (Å²) in [6, 6.07) is 8.11. The van der Waals surface area contributed by atoms with E-state index in [9.17, 15) is 0 Å². The van der Waals surface area contributed by atoms with Gasteiger partial charge in [0, 0.05) is 38.4 Å². The van der Waals surface area contributed by atoms with Gasteiger partial charge in [-0.15, -0.1) is 0 Å². The van der Waals surface area contributed by atoms with Gasteiger partial charge in [0.25, 0.3) is 0 Å². The fraction of sp³-hybridized carbons (Fsp3) is 0.600. The summed E-state index contributed by atoms with van der Waals surface area (Å²) in [5, 5.41) is 6.83. The molecule has 1 aromatic rings. The van der Waals surface area contributed by atoms with Crippen molar-refractivity contribution >= 4 is 5.69 Å². The first-order valence-corrected chi connectivity index (χ1v) is 7.19. The highest BCUT2D eigenvalue weighted by atomic mass is 16.5. The maximum absolute atomic E-state index is 5.14. The van der Waals surface area contributed by atoms with E-state index in [2.05, 4.69) is 27.7 Å². The third kappa shape index (κ3) is 5.09. The molecule has 1 aromatic carbocycles. The fourth-order valence-electron chi connectivity index (χ4n) is 2.34. The maximum Gasteiger partial charge on any atom is 0.119 e. The van der Waals surface area contributed by atoms with Crippen LogP contribution in [0.4, 0.5) is 5.69 Å². The van der Waals surface area contributed by atoms with Crippen LogP contribution in [0.15, 0.2) is 24.3 Å². The number of hydrogen-bond acceptors (Lipinski definition) is 4. The van der Waals surface area contributed by atoms with Crippen LogP contribution in [0.1, 0.15) is 12.8 Å². The third-order valence-corrected chi connectivity index (χ3v) is 3.53. The first-order valence-electron chi connectivity index (χ1n) is 7.19. The van der Waals surface area contributed by atoms with E-state index in [1.807, 2.05) is 12.1 Å². The van der Waals surface area contributed by atoms with Crippen molar-refractivity contribution in [3.8, 4) is 5.75 Å². The number of hydrogen-bond donors (Lipinski definition) is 2. The quantitative estimate of drug-likeness (QED) is 0.735. The molecule has 0 aromatic heterocycles. The fourth-order valence-corrected chi connectivity index (χ4v) is 2.34. The van der Waals surface area contributed by atoms with Gasteiger partial charge >= 0.3 is 0 Å². The molecule has 0 aliphatic carbocycles. The molecule has 0 spiro atoms. The van der Waals surface area contributed by atoms with Crippen molar-refractivity contribution in [3.05, 3.63) is 24.3 Å². The Morgan fingerprint density at radius 2 is 1.89 bits per heavy atom. The van der Waals surface area contributed by atoms with Crippen LogP contribution in [0.25, 0.3) is 0 Å². The number of nitrogens with one attached hydrogen (secondary N) is 2. The molecule has 2 rings (SSSR count). The van der Waals surface area contributed by atoms with Crippen molar-refractivity contribution < 1.29 is 4.74 Å². The Kier molecular flexibility index (Phi) is 5.98. The summed E-state index contributed by atoms with van der Waals surface area (Å²) >= 11 is 0. The van der Waals surface area contributed by atoms with E-state index in [1.54, 1.807) is 7.11 Å². The van der Waals surface area contributed by atoms with Gasteiger partial charge in [-0.25, -0.2) is 0 Å². The average molecular weight is 263 g/mol. The molecule has 1 fully saturated rings. The third-order valence-electron chi connectivity index (χ3n) is 3.53. The Morgan fingerprint density at radius 3 is 2.58 bits per heavy atom. The van der Waals surface area contributed by atoms with Gasteiger partial charge in [0.05, 0.1) is 7.11 Å². The number of unbranched alkanes of at least 4 members (excludes halogenated alkanes) is 1. The number of benzene rings is 1. The second kappa shape index (κ2) is 8.02. The number of rotatable bonds is 7. The minimum absolute atomic E-state index is 0.907. The number of piperazine rings is 1. The van der Waals surface area contributed by atoms with Crippen LogP contribution in [-0.4, -0.2) is 51.3 Å². The summed E-state index contributed by atoms with van der Waals surface area (Å²) in [5.41, 5.74) is 1.17. The molecular formula is C15H25N3O.